The predicted octanol–water partition coefficient (Wildman–Crippen LogP) is 1.60. The van der Waals surface area contributed by atoms with Crippen molar-refractivity contribution in [1.82, 2.24) is 30.3 Å². The van der Waals surface area contributed by atoms with Gasteiger partial charge in [-0.25, -0.2) is 4.98 Å². The van der Waals surface area contributed by atoms with Gasteiger partial charge in [0.15, 0.2) is 11.5 Å². The Morgan fingerprint density at radius 1 is 1.22 bits per heavy atom. The predicted molar refractivity (Wildman–Crippen MR) is 98.6 cm³/mol. The minimum Gasteiger partial charge on any atom is -0.493 e. The second-order valence-electron chi connectivity index (χ2n) is 5.57. The molecule has 3 N–H and O–H groups in total. The first-order chi connectivity index (χ1) is 13.2. The van der Waals surface area contributed by atoms with Crippen molar-refractivity contribution in [2.45, 2.75) is 6.61 Å². The van der Waals surface area contributed by atoms with Crippen LogP contribution < -0.4 is 15.2 Å². The number of rotatable bonds is 6. The Morgan fingerprint density at radius 3 is 2.89 bits per heavy atom. The minimum atomic E-state index is 0.101. The second-order valence-corrected chi connectivity index (χ2v) is 5.57. The molecule has 2 heterocycles. The molecule has 0 saturated carbocycles. The van der Waals surface area contributed by atoms with Crippen LogP contribution in [0.3, 0.4) is 0 Å². The fourth-order valence-corrected chi connectivity index (χ4v) is 2.50. The molecule has 0 aliphatic rings. The van der Waals surface area contributed by atoms with Crippen molar-refractivity contribution in [2.24, 2.45) is 5.10 Å². The zero-order chi connectivity index (χ0) is 18.6. The smallest absolute Gasteiger partial charge is 0.263 e. The number of ether oxygens (including phenoxy) is 2. The average Bonchev–Trinajstić information content (AvgIpc) is 3.30. The van der Waals surface area contributed by atoms with Gasteiger partial charge in [0.05, 0.1) is 24.4 Å². The Labute approximate surface area is 153 Å². The van der Waals surface area contributed by atoms with Crippen LogP contribution in [0.2, 0.25) is 0 Å². The fraction of sp³-hybridized carbons (Fsp3) is 0.118. The molecular formula is C17H16N8O2. The minimum absolute atomic E-state index is 0.101. The molecule has 10 heteroatoms. The third-order valence-electron chi connectivity index (χ3n) is 3.78. The average molecular weight is 364 g/mol. The van der Waals surface area contributed by atoms with Gasteiger partial charge in [0.2, 0.25) is 0 Å². The first-order valence-electron chi connectivity index (χ1n) is 8.05. The first-order valence-corrected chi connectivity index (χ1v) is 8.05. The molecule has 0 fully saturated rings. The van der Waals surface area contributed by atoms with Crippen LogP contribution in [0.15, 0.2) is 47.6 Å². The van der Waals surface area contributed by atoms with Gasteiger partial charge >= 0.3 is 0 Å². The molecule has 0 atom stereocenters. The number of fused-ring (bicyclic) bond motifs is 1. The number of aromatic amines is 1. The number of nitrogens with one attached hydrogen (secondary N) is 1. The van der Waals surface area contributed by atoms with Crippen molar-refractivity contribution >= 4 is 23.2 Å². The lowest BCUT2D eigenvalue weighted by Gasteiger charge is -2.10. The lowest BCUT2D eigenvalue weighted by Crippen LogP contribution is -2.01. The van der Waals surface area contributed by atoms with E-state index in [9.17, 15) is 0 Å². The van der Waals surface area contributed by atoms with Crippen molar-refractivity contribution in [1.29, 1.82) is 0 Å². The summed E-state index contributed by atoms with van der Waals surface area (Å²) < 4.78 is 11.3. The van der Waals surface area contributed by atoms with E-state index in [1.165, 1.54) is 0 Å². The number of hydrogen-bond donors (Lipinski definition) is 2. The maximum absolute atomic E-state index is 5.85. The van der Waals surface area contributed by atoms with Crippen LogP contribution in [0.25, 0.3) is 11.0 Å². The number of tetrazole rings is 1. The Kier molecular flexibility index (Phi) is 4.35. The number of nitrogens with two attached hydrogens (primary N) is 1. The van der Waals surface area contributed by atoms with E-state index in [0.717, 1.165) is 27.2 Å². The van der Waals surface area contributed by atoms with Gasteiger partial charge in [0, 0.05) is 0 Å². The van der Waals surface area contributed by atoms with Crippen molar-refractivity contribution in [2.75, 3.05) is 12.8 Å². The Hall–Kier alpha value is -3.95. The van der Waals surface area contributed by atoms with E-state index < -0.39 is 0 Å². The van der Waals surface area contributed by atoms with Gasteiger partial charge in [-0.05, 0) is 46.3 Å². The molecule has 2 aromatic carbocycles. The summed E-state index contributed by atoms with van der Waals surface area (Å²) in [5, 5.41) is 14.7. The van der Waals surface area contributed by atoms with E-state index in [1.807, 2.05) is 30.3 Å². The molecule has 0 unspecified atom stereocenters. The van der Waals surface area contributed by atoms with E-state index in [0.29, 0.717) is 18.1 Å². The highest BCUT2D eigenvalue weighted by Gasteiger charge is 2.08. The number of hydrogen-bond acceptors (Lipinski definition) is 8. The van der Waals surface area contributed by atoms with Gasteiger partial charge in [-0.3, -0.25) is 0 Å². The Balaban J connectivity index is 1.49. The lowest BCUT2D eigenvalue weighted by atomic mass is 10.2. The third kappa shape index (κ3) is 3.54. The monoisotopic (exact) mass is 364 g/mol. The summed E-state index contributed by atoms with van der Waals surface area (Å²) in [4.78, 5) is 8.84. The number of nitrogens with zero attached hydrogens (tertiary/aromatic N) is 6. The summed E-state index contributed by atoms with van der Waals surface area (Å²) >= 11 is 0. The van der Waals surface area contributed by atoms with Crippen LogP contribution in [-0.2, 0) is 6.61 Å². The maximum Gasteiger partial charge on any atom is 0.263 e. The highest BCUT2D eigenvalue weighted by atomic mass is 16.5. The molecule has 0 radical (unpaired) electrons. The molecule has 0 amide bonds. The quantitative estimate of drug-likeness (QED) is 0.497. The van der Waals surface area contributed by atoms with Gasteiger partial charge in [-0.1, -0.05) is 22.0 Å². The van der Waals surface area contributed by atoms with E-state index in [2.05, 4.69) is 30.6 Å². The zero-order valence-electron chi connectivity index (χ0n) is 14.4. The SMILES string of the molecule is COc1cc(C=Nn2nnnc2N)ccc1OCc1nc2ccccc2[nH]1. The summed E-state index contributed by atoms with van der Waals surface area (Å²) in [5.74, 6) is 2.00. The molecule has 27 heavy (non-hydrogen) atoms. The second kappa shape index (κ2) is 7.12. The van der Waals surface area contributed by atoms with E-state index in [1.54, 1.807) is 25.5 Å². The number of anilines is 1. The number of imidazole rings is 1. The molecule has 2 aromatic heterocycles. The molecule has 0 saturated heterocycles. The lowest BCUT2D eigenvalue weighted by molar-refractivity contribution is 0.277. The van der Waals surface area contributed by atoms with Crippen molar-refractivity contribution in [3.05, 3.63) is 53.9 Å². The summed E-state index contributed by atoms with van der Waals surface area (Å²) in [6, 6.07) is 13.2. The molecule has 0 spiro atoms. The van der Waals surface area contributed by atoms with Crippen molar-refractivity contribution in [3.8, 4) is 11.5 Å². The fourth-order valence-electron chi connectivity index (χ4n) is 2.50. The van der Waals surface area contributed by atoms with Crippen molar-refractivity contribution < 1.29 is 9.47 Å². The number of aromatic nitrogens is 6. The number of H-pyrrole nitrogens is 1. The maximum atomic E-state index is 5.85. The van der Waals surface area contributed by atoms with Crippen LogP contribution in [0.4, 0.5) is 5.95 Å². The molecule has 4 rings (SSSR count). The molecule has 4 aromatic rings. The zero-order valence-corrected chi connectivity index (χ0v) is 14.4. The van der Waals surface area contributed by atoms with E-state index in [-0.39, 0.29) is 5.95 Å². The van der Waals surface area contributed by atoms with Gasteiger partial charge in [-0.15, -0.1) is 0 Å². The van der Waals surface area contributed by atoms with Gasteiger partial charge in [0.1, 0.15) is 12.4 Å². The van der Waals surface area contributed by atoms with Crippen LogP contribution in [-0.4, -0.2) is 43.6 Å². The summed E-state index contributed by atoms with van der Waals surface area (Å²) in [5.41, 5.74) is 8.21. The van der Waals surface area contributed by atoms with Crippen LogP contribution in [0.1, 0.15) is 11.4 Å². The Bertz CT molecular complexity index is 1070. The van der Waals surface area contributed by atoms with Gasteiger partial charge in [0.25, 0.3) is 5.95 Å². The van der Waals surface area contributed by atoms with Gasteiger partial charge in [-0.2, -0.15) is 5.10 Å². The van der Waals surface area contributed by atoms with E-state index in [4.69, 9.17) is 15.2 Å². The van der Waals surface area contributed by atoms with Gasteiger partial charge < -0.3 is 20.2 Å². The topological polar surface area (TPSA) is 129 Å². The van der Waals surface area contributed by atoms with Crippen LogP contribution in [0, 0.1) is 0 Å². The van der Waals surface area contributed by atoms with Crippen LogP contribution >= 0.6 is 0 Å². The molecule has 0 aliphatic heterocycles. The number of para-hydroxylation sites is 2. The molecule has 10 nitrogen and oxygen atoms in total. The molecule has 136 valence electrons. The summed E-state index contributed by atoms with van der Waals surface area (Å²) in [6.45, 7) is 0.291. The normalized spacial score (nSPS) is 11.3. The molecule has 0 bridgehead atoms. The Morgan fingerprint density at radius 2 is 2.11 bits per heavy atom. The highest BCUT2D eigenvalue weighted by Crippen LogP contribution is 2.28. The molecular weight excluding hydrogens is 348 g/mol. The summed E-state index contributed by atoms with van der Waals surface area (Å²) in [7, 11) is 1.57. The standard InChI is InChI=1S/C17H16N8O2/c1-26-15-8-11(9-19-25-17(18)22-23-24-25)6-7-14(15)27-10-16-20-12-4-2-3-5-13(12)21-16/h2-9H,10H2,1H3,(H,20,21)(H2,18,22,24). The van der Waals surface area contributed by atoms with Crippen LogP contribution in [0.5, 0.6) is 11.5 Å². The number of benzene rings is 2. The first kappa shape index (κ1) is 16.5. The highest BCUT2D eigenvalue weighted by molar-refractivity contribution is 5.81. The van der Waals surface area contributed by atoms with E-state index >= 15 is 0 Å². The number of methoxy groups -OCH3 is 1. The third-order valence-corrected chi connectivity index (χ3v) is 3.78. The summed E-state index contributed by atoms with van der Waals surface area (Å²) in [6.07, 6.45) is 1.57. The molecule has 0 aliphatic carbocycles. The largest absolute Gasteiger partial charge is 0.493 e. The number of nitrogen functional groups attached to an aromatic ring is 1. The van der Waals surface area contributed by atoms with Crippen molar-refractivity contribution in [3.63, 3.8) is 0 Å².